The van der Waals surface area contributed by atoms with Crippen LogP contribution in [0.1, 0.15) is 40.3 Å². The van der Waals surface area contributed by atoms with E-state index in [2.05, 4.69) is 17.3 Å². The number of hydrogen-bond acceptors (Lipinski definition) is 4. The Hall–Kier alpha value is -3.48. The summed E-state index contributed by atoms with van der Waals surface area (Å²) in [5.74, 6) is 0.194. The summed E-state index contributed by atoms with van der Waals surface area (Å²) in [5, 5.41) is 3.86. The Bertz CT molecular complexity index is 1210. The average Bonchev–Trinajstić information content (AvgIpc) is 3.40. The number of imidazole rings is 1. The number of benzene rings is 1. The Kier molecular flexibility index (Phi) is 4.38. The average molecular weight is 404 g/mol. The van der Waals surface area contributed by atoms with Gasteiger partial charge in [0.2, 0.25) is 0 Å². The molecule has 0 atom stereocenters. The lowest BCUT2D eigenvalue weighted by atomic mass is 9.70. The zero-order valence-electron chi connectivity index (χ0n) is 16.6. The molecule has 30 heavy (non-hydrogen) atoms. The van der Waals surface area contributed by atoms with Crippen LogP contribution >= 0.6 is 0 Å². The van der Waals surface area contributed by atoms with E-state index in [1.165, 1.54) is 12.3 Å². The molecule has 0 aliphatic carbocycles. The van der Waals surface area contributed by atoms with E-state index in [0.29, 0.717) is 43.0 Å². The number of pyridine rings is 1. The zero-order valence-corrected chi connectivity index (χ0v) is 16.6. The molecule has 1 aromatic carbocycles. The Morgan fingerprint density at radius 3 is 2.57 bits per heavy atom. The summed E-state index contributed by atoms with van der Waals surface area (Å²) in [7, 11) is 0. The molecule has 0 N–H and O–H groups in total. The first-order valence-electron chi connectivity index (χ1n) is 9.98. The molecule has 152 valence electrons. The lowest BCUT2D eigenvalue weighted by Gasteiger charge is -2.41. The van der Waals surface area contributed by atoms with Crippen LogP contribution in [0, 0.1) is 12.7 Å². The molecule has 1 aliphatic rings. The van der Waals surface area contributed by atoms with Gasteiger partial charge in [0.25, 0.3) is 5.91 Å². The Morgan fingerprint density at radius 2 is 1.87 bits per heavy atom. The maximum Gasteiger partial charge on any atom is 0.276 e. The van der Waals surface area contributed by atoms with Gasteiger partial charge in [-0.25, -0.2) is 9.37 Å². The van der Waals surface area contributed by atoms with Crippen LogP contribution in [-0.4, -0.2) is 38.4 Å². The molecule has 0 bridgehead atoms. The van der Waals surface area contributed by atoms with Gasteiger partial charge < -0.3 is 13.8 Å². The van der Waals surface area contributed by atoms with E-state index in [9.17, 15) is 9.18 Å². The van der Waals surface area contributed by atoms with Crippen molar-refractivity contribution in [2.24, 2.45) is 0 Å². The number of hydrogen-bond donors (Lipinski definition) is 0. The number of amides is 1. The van der Waals surface area contributed by atoms with E-state index in [4.69, 9.17) is 9.51 Å². The first-order valence-corrected chi connectivity index (χ1v) is 9.98. The molecule has 4 heterocycles. The fourth-order valence-electron chi connectivity index (χ4n) is 4.37. The first kappa shape index (κ1) is 18.5. The quantitative estimate of drug-likeness (QED) is 0.518. The molecule has 6 nitrogen and oxygen atoms in total. The summed E-state index contributed by atoms with van der Waals surface area (Å²) in [5.41, 5.74) is 2.74. The van der Waals surface area contributed by atoms with Gasteiger partial charge >= 0.3 is 0 Å². The number of piperidine rings is 1. The summed E-state index contributed by atoms with van der Waals surface area (Å²) < 4.78 is 20.5. The fourth-order valence-corrected chi connectivity index (χ4v) is 4.37. The Morgan fingerprint density at radius 1 is 1.10 bits per heavy atom. The number of fused-ring (bicyclic) bond motifs is 1. The number of likely N-dealkylation sites (tertiary alicyclic amines) is 1. The molecule has 1 aliphatic heterocycles. The van der Waals surface area contributed by atoms with Gasteiger partial charge in [-0.1, -0.05) is 35.5 Å². The van der Waals surface area contributed by atoms with E-state index in [1.807, 2.05) is 29.3 Å². The summed E-state index contributed by atoms with van der Waals surface area (Å²) in [6.45, 7) is 2.91. The lowest BCUT2D eigenvalue weighted by molar-refractivity contribution is 0.0673. The Balaban J connectivity index is 1.50. The molecule has 0 spiro atoms. The molecule has 1 amide bonds. The molecule has 5 rings (SSSR count). The van der Waals surface area contributed by atoms with Gasteiger partial charge in [-0.05, 0) is 37.5 Å². The smallest absolute Gasteiger partial charge is 0.276 e. The number of carbonyl (C=O) groups is 1. The maximum atomic E-state index is 13.7. The van der Waals surface area contributed by atoms with Crippen LogP contribution in [-0.2, 0) is 5.41 Å². The molecule has 3 aromatic heterocycles. The van der Waals surface area contributed by atoms with Crippen LogP contribution in [0.25, 0.3) is 5.65 Å². The molecule has 0 radical (unpaired) electrons. The second-order valence-corrected chi connectivity index (χ2v) is 7.80. The summed E-state index contributed by atoms with van der Waals surface area (Å²) in [6, 6.07) is 15.0. The maximum absolute atomic E-state index is 13.7. The van der Waals surface area contributed by atoms with Crippen LogP contribution in [0.5, 0.6) is 0 Å². The van der Waals surface area contributed by atoms with Gasteiger partial charge in [0.1, 0.15) is 17.2 Å². The van der Waals surface area contributed by atoms with E-state index >= 15 is 0 Å². The van der Waals surface area contributed by atoms with Gasteiger partial charge in [-0.2, -0.15) is 0 Å². The standard InChI is InChI=1S/C23H21FN4O2/c1-16-13-19(26-30-16)22(29)27-11-9-23(10-12-27,17-5-3-2-4-6-17)20-15-28-14-18(24)7-8-21(28)25-20/h2-8,13-15H,9-12H2,1H3. The van der Waals surface area contributed by atoms with Crippen molar-refractivity contribution in [2.75, 3.05) is 13.1 Å². The minimum atomic E-state index is -0.347. The van der Waals surface area contributed by atoms with Crippen molar-refractivity contribution in [1.82, 2.24) is 19.4 Å². The first-order chi connectivity index (χ1) is 14.5. The van der Waals surface area contributed by atoms with E-state index in [0.717, 1.165) is 11.3 Å². The molecular weight excluding hydrogens is 383 g/mol. The van der Waals surface area contributed by atoms with Crippen LogP contribution in [0.4, 0.5) is 4.39 Å². The minimum Gasteiger partial charge on any atom is -0.361 e. The number of halogens is 1. The summed E-state index contributed by atoms with van der Waals surface area (Å²) in [4.78, 5) is 19.5. The van der Waals surface area contributed by atoms with E-state index in [1.54, 1.807) is 23.5 Å². The van der Waals surface area contributed by atoms with Crippen molar-refractivity contribution in [1.29, 1.82) is 0 Å². The third-order valence-electron chi connectivity index (χ3n) is 5.98. The lowest BCUT2D eigenvalue weighted by Crippen LogP contribution is -2.46. The highest BCUT2D eigenvalue weighted by Crippen LogP contribution is 2.41. The second kappa shape index (κ2) is 7.09. The van der Waals surface area contributed by atoms with Crippen molar-refractivity contribution < 1.29 is 13.7 Å². The van der Waals surface area contributed by atoms with Crippen molar-refractivity contribution >= 4 is 11.6 Å². The molecule has 0 unspecified atom stereocenters. The number of aromatic nitrogens is 3. The number of rotatable bonds is 3. The normalized spacial score (nSPS) is 16.1. The monoisotopic (exact) mass is 404 g/mol. The van der Waals surface area contributed by atoms with Gasteiger partial charge in [0.05, 0.1) is 5.69 Å². The van der Waals surface area contributed by atoms with Crippen LogP contribution in [0.3, 0.4) is 0 Å². The fraction of sp³-hybridized carbons (Fsp3) is 0.261. The van der Waals surface area contributed by atoms with Crippen LogP contribution < -0.4 is 0 Å². The van der Waals surface area contributed by atoms with Crippen molar-refractivity contribution in [3.05, 3.63) is 89.5 Å². The van der Waals surface area contributed by atoms with Gasteiger partial charge in [0, 0.05) is 37.0 Å². The molecular formula is C23H21FN4O2. The van der Waals surface area contributed by atoms with Gasteiger partial charge in [0.15, 0.2) is 5.69 Å². The third-order valence-corrected chi connectivity index (χ3v) is 5.98. The zero-order chi connectivity index (χ0) is 20.7. The predicted molar refractivity (Wildman–Crippen MR) is 109 cm³/mol. The second-order valence-electron chi connectivity index (χ2n) is 7.80. The topological polar surface area (TPSA) is 63.6 Å². The highest BCUT2D eigenvalue weighted by atomic mass is 19.1. The highest BCUT2D eigenvalue weighted by molar-refractivity contribution is 5.92. The van der Waals surface area contributed by atoms with Crippen LogP contribution in [0.2, 0.25) is 0 Å². The van der Waals surface area contributed by atoms with Crippen LogP contribution in [0.15, 0.2) is 65.4 Å². The van der Waals surface area contributed by atoms with Gasteiger partial charge in [-0.15, -0.1) is 0 Å². The van der Waals surface area contributed by atoms with Gasteiger partial charge in [-0.3, -0.25) is 4.79 Å². The molecule has 7 heteroatoms. The third kappa shape index (κ3) is 3.07. The number of nitrogens with zero attached hydrogens (tertiary/aromatic N) is 4. The summed E-state index contributed by atoms with van der Waals surface area (Å²) in [6.07, 6.45) is 4.78. The van der Waals surface area contributed by atoms with E-state index < -0.39 is 0 Å². The molecule has 1 saturated heterocycles. The minimum absolute atomic E-state index is 0.120. The molecule has 1 fully saturated rings. The largest absolute Gasteiger partial charge is 0.361 e. The summed E-state index contributed by atoms with van der Waals surface area (Å²) >= 11 is 0. The van der Waals surface area contributed by atoms with Crippen molar-refractivity contribution in [2.45, 2.75) is 25.2 Å². The van der Waals surface area contributed by atoms with Crippen molar-refractivity contribution in [3.8, 4) is 0 Å². The molecule has 4 aromatic rings. The predicted octanol–water partition coefficient (Wildman–Crippen LogP) is 3.99. The number of carbonyl (C=O) groups excluding carboxylic acids is 1. The number of aryl methyl sites for hydroxylation is 1. The SMILES string of the molecule is Cc1cc(C(=O)N2CCC(c3ccccc3)(c3cn4cc(F)ccc4n3)CC2)no1. The van der Waals surface area contributed by atoms with E-state index in [-0.39, 0.29) is 17.1 Å². The Labute approximate surface area is 172 Å². The highest BCUT2D eigenvalue weighted by Gasteiger charge is 2.41. The van der Waals surface area contributed by atoms with Crippen molar-refractivity contribution in [3.63, 3.8) is 0 Å². The molecule has 0 saturated carbocycles.